The summed E-state index contributed by atoms with van der Waals surface area (Å²) in [5.74, 6) is -0.500. The maximum absolute atomic E-state index is 13.1. The smallest absolute Gasteiger partial charge is 0.126 e. The Hall–Kier alpha value is -1.13. The van der Waals surface area contributed by atoms with Crippen LogP contribution in [-0.4, -0.2) is 23.8 Å². The summed E-state index contributed by atoms with van der Waals surface area (Å²) in [5.41, 5.74) is 0.534. The van der Waals surface area contributed by atoms with E-state index in [2.05, 4.69) is 5.32 Å². The molecule has 1 unspecified atom stereocenters. The molecule has 3 N–H and O–H groups in total. The van der Waals surface area contributed by atoms with Gasteiger partial charge in [0, 0.05) is 12.1 Å². The highest BCUT2D eigenvalue weighted by Crippen LogP contribution is 2.28. The summed E-state index contributed by atoms with van der Waals surface area (Å²) >= 11 is 0. The van der Waals surface area contributed by atoms with Crippen LogP contribution in [0, 0.1) is 12.7 Å². The standard InChI is InChI=1S/C10H14FNO2/c1-6-7(11)3-4-8(13)10(6)9(14)5-12-2/h3-4,9,12-14H,5H2,1-2H3. The first-order valence-electron chi connectivity index (χ1n) is 4.38. The number of aromatic hydroxyl groups is 1. The fourth-order valence-corrected chi connectivity index (χ4v) is 1.40. The summed E-state index contributed by atoms with van der Waals surface area (Å²) in [6.07, 6.45) is -0.893. The first-order valence-corrected chi connectivity index (χ1v) is 4.38. The number of aliphatic hydroxyl groups excluding tert-OH is 1. The molecule has 3 nitrogen and oxygen atoms in total. The van der Waals surface area contributed by atoms with Crippen LogP contribution in [0.25, 0.3) is 0 Å². The van der Waals surface area contributed by atoms with Crippen molar-refractivity contribution in [3.05, 3.63) is 29.1 Å². The monoisotopic (exact) mass is 199 g/mol. The van der Waals surface area contributed by atoms with Crippen molar-refractivity contribution in [1.82, 2.24) is 5.32 Å². The number of hydrogen-bond acceptors (Lipinski definition) is 3. The van der Waals surface area contributed by atoms with E-state index < -0.39 is 11.9 Å². The van der Waals surface area contributed by atoms with E-state index in [0.717, 1.165) is 0 Å². The molecule has 0 aliphatic rings. The van der Waals surface area contributed by atoms with E-state index in [1.54, 1.807) is 7.05 Å². The summed E-state index contributed by atoms with van der Waals surface area (Å²) in [5, 5.41) is 21.8. The van der Waals surface area contributed by atoms with Gasteiger partial charge in [-0.25, -0.2) is 4.39 Å². The molecule has 0 saturated heterocycles. The van der Waals surface area contributed by atoms with Crippen molar-refractivity contribution in [3.8, 4) is 5.75 Å². The Morgan fingerprint density at radius 3 is 2.71 bits per heavy atom. The predicted molar refractivity (Wildman–Crippen MR) is 51.7 cm³/mol. The maximum Gasteiger partial charge on any atom is 0.126 e. The Morgan fingerprint density at radius 2 is 2.14 bits per heavy atom. The Balaban J connectivity index is 3.11. The molecule has 4 heteroatoms. The molecule has 1 rings (SSSR count). The molecule has 0 aliphatic heterocycles. The third-order valence-corrected chi connectivity index (χ3v) is 2.16. The van der Waals surface area contributed by atoms with E-state index in [9.17, 15) is 14.6 Å². The van der Waals surface area contributed by atoms with Crippen LogP contribution in [0.3, 0.4) is 0 Å². The van der Waals surface area contributed by atoms with Gasteiger partial charge in [-0.2, -0.15) is 0 Å². The zero-order valence-electron chi connectivity index (χ0n) is 8.21. The van der Waals surface area contributed by atoms with Gasteiger partial charge in [-0.05, 0) is 31.7 Å². The van der Waals surface area contributed by atoms with Crippen LogP contribution < -0.4 is 5.32 Å². The highest BCUT2D eigenvalue weighted by molar-refractivity contribution is 5.41. The number of halogens is 1. The number of nitrogens with one attached hydrogen (secondary N) is 1. The molecule has 1 atom stereocenters. The van der Waals surface area contributed by atoms with Crippen LogP contribution in [0.4, 0.5) is 4.39 Å². The molecule has 0 fully saturated rings. The van der Waals surface area contributed by atoms with Gasteiger partial charge in [0.05, 0.1) is 6.10 Å². The fraction of sp³-hybridized carbons (Fsp3) is 0.400. The minimum absolute atomic E-state index is 0.0772. The topological polar surface area (TPSA) is 52.5 Å². The Bertz CT molecular complexity index is 328. The van der Waals surface area contributed by atoms with Crippen molar-refractivity contribution in [3.63, 3.8) is 0 Å². The van der Waals surface area contributed by atoms with Gasteiger partial charge in [0.2, 0.25) is 0 Å². The second kappa shape index (κ2) is 4.39. The molecule has 0 amide bonds. The summed E-state index contributed by atoms with van der Waals surface area (Å²) in [6.45, 7) is 1.81. The molecule has 0 radical (unpaired) electrons. The molecule has 0 aromatic heterocycles. The second-order valence-corrected chi connectivity index (χ2v) is 3.18. The highest BCUT2D eigenvalue weighted by atomic mass is 19.1. The molecule has 0 saturated carbocycles. The largest absolute Gasteiger partial charge is 0.508 e. The normalized spacial score (nSPS) is 12.9. The quantitative estimate of drug-likeness (QED) is 0.683. The average Bonchev–Trinajstić information content (AvgIpc) is 2.13. The number of benzene rings is 1. The number of aliphatic hydroxyl groups is 1. The summed E-state index contributed by atoms with van der Waals surface area (Å²) in [4.78, 5) is 0. The van der Waals surface area contributed by atoms with Crippen LogP contribution in [0.5, 0.6) is 5.75 Å². The lowest BCUT2D eigenvalue weighted by atomic mass is 10.0. The van der Waals surface area contributed by atoms with Gasteiger partial charge in [0.1, 0.15) is 11.6 Å². The van der Waals surface area contributed by atoms with E-state index in [-0.39, 0.29) is 23.4 Å². The number of phenols is 1. The molecule has 0 spiro atoms. The first kappa shape index (κ1) is 10.9. The molecule has 0 heterocycles. The zero-order valence-corrected chi connectivity index (χ0v) is 8.21. The molecule has 0 bridgehead atoms. The van der Waals surface area contributed by atoms with Gasteiger partial charge in [-0.1, -0.05) is 0 Å². The SMILES string of the molecule is CNCC(O)c1c(O)ccc(F)c1C. The lowest BCUT2D eigenvalue weighted by Crippen LogP contribution is -2.17. The van der Waals surface area contributed by atoms with Crippen molar-refractivity contribution < 1.29 is 14.6 Å². The molecule has 14 heavy (non-hydrogen) atoms. The van der Waals surface area contributed by atoms with Gasteiger partial charge in [0.25, 0.3) is 0 Å². The third-order valence-electron chi connectivity index (χ3n) is 2.16. The third kappa shape index (κ3) is 2.02. The second-order valence-electron chi connectivity index (χ2n) is 3.18. The Labute approximate surface area is 82.2 Å². The minimum atomic E-state index is -0.893. The average molecular weight is 199 g/mol. The van der Waals surface area contributed by atoms with Crippen LogP contribution in [0.1, 0.15) is 17.2 Å². The zero-order chi connectivity index (χ0) is 10.7. The van der Waals surface area contributed by atoms with Gasteiger partial charge < -0.3 is 15.5 Å². The van der Waals surface area contributed by atoms with Crippen molar-refractivity contribution in [1.29, 1.82) is 0 Å². The number of phenolic OH excluding ortho intramolecular Hbond substituents is 1. The summed E-state index contributed by atoms with van der Waals surface area (Å²) in [7, 11) is 1.68. The lowest BCUT2D eigenvalue weighted by Gasteiger charge is -2.15. The molecular formula is C10H14FNO2. The van der Waals surface area contributed by atoms with E-state index in [4.69, 9.17) is 0 Å². The molecule has 0 aliphatic carbocycles. The van der Waals surface area contributed by atoms with E-state index >= 15 is 0 Å². The number of hydrogen-bond donors (Lipinski definition) is 3. The fourth-order valence-electron chi connectivity index (χ4n) is 1.40. The van der Waals surface area contributed by atoms with E-state index in [1.807, 2.05) is 0 Å². The highest BCUT2D eigenvalue weighted by Gasteiger charge is 2.16. The predicted octanol–water partition coefficient (Wildman–Crippen LogP) is 1.09. The van der Waals surface area contributed by atoms with Gasteiger partial charge in [-0.15, -0.1) is 0 Å². The van der Waals surface area contributed by atoms with Gasteiger partial charge in [0.15, 0.2) is 0 Å². The lowest BCUT2D eigenvalue weighted by molar-refractivity contribution is 0.172. The van der Waals surface area contributed by atoms with Crippen molar-refractivity contribution >= 4 is 0 Å². The van der Waals surface area contributed by atoms with Gasteiger partial charge in [-0.3, -0.25) is 0 Å². The van der Waals surface area contributed by atoms with Crippen LogP contribution in [0.15, 0.2) is 12.1 Å². The minimum Gasteiger partial charge on any atom is -0.508 e. The maximum atomic E-state index is 13.1. The number of rotatable bonds is 3. The van der Waals surface area contributed by atoms with Crippen LogP contribution in [-0.2, 0) is 0 Å². The molecule has 1 aromatic rings. The van der Waals surface area contributed by atoms with Gasteiger partial charge >= 0.3 is 0 Å². The number of likely N-dealkylation sites (N-methyl/N-ethyl adjacent to an activating group) is 1. The van der Waals surface area contributed by atoms with E-state index in [1.165, 1.54) is 19.1 Å². The Morgan fingerprint density at radius 1 is 1.50 bits per heavy atom. The van der Waals surface area contributed by atoms with E-state index in [0.29, 0.717) is 0 Å². The molecule has 1 aromatic carbocycles. The Kier molecular flexibility index (Phi) is 3.43. The van der Waals surface area contributed by atoms with Crippen LogP contribution >= 0.6 is 0 Å². The molecular weight excluding hydrogens is 185 g/mol. The summed E-state index contributed by atoms with van der Waals surface area (Å²) < 4.78 is 13.1. The molecule has 78 valence electrons. The first-order chi connectivity index (χ1) is 6.57. The van der Waals surface area contributed by atoms with Crippen molar-refractivity contribution in [2.45, 2.75) is 13.0 Å². The van der Waals surface area contributed by atoms with Crippen molar-refractivity contribution in [2.24, 2.45) is 0 Å². The van der Waals surface area contributed by atoms with Crippen molar-refractivity contribution in [2.75, 3.05) is 13.6 Å². The summed E-state index contributed by atoms with van der Waals surface area (Å²) in [6, 6.07) is 2.43. The van der Waals surface area contributed by atoms with Crippen LogP contribution in [0.2, 0.25) is 0 Å².